The van der Waals surface area contributed by atoms with Gasteiger partial charge in [0.15, 0.2) is 0 Å². The maximum atomic E-state index is 12.9. The fourth-order valence-corrected chi connectivity index (χ4v) is 5.45. The number of hydrogen-bond donors (Lipinski definition) is 1. The zero-order chi connectivity index (χ0) is 22.1. The Hall–Kier alpha value is -3.00. The molecule has 31 heavy (non-hydrogen) atoms. The highest BCUT2D eigenvalue weighted by atomic mass is 32.1. The van der Waals surface area contributed by atoms with Gasteiger partial charge in [-0.2, -0.15) is 0 Å². The molecule has 2 aromatic rings. The van der Waals surface area contributed by atoms with Crippen LogP contribution in [0.15, 0.2) is 24.3 Å². The molecule has 2 aliphatic rings. The van der Waals surface area contributed by atoms with Crippen molar-refractivity contribution >= 4 is 45.7 Å². The van der Waals surface area contributed by atoms with Gasteiger partial charge >= 0.3 is 5.97 Å². The maximum absolute atomic E-state index is 12.9. The number of esters is 1. The van der Waals surface area contributed by atoms with E-state index in [1.165, 1.54) is 11.3 Å². The van der Waals surface area contributed by atoms with E-state index >= 15 is 0 Å². The van der Waals surface area contributed by atoms with Crippen LogP contribution in [0.25, 0.3) is 0 Å². The summed E-state index contributed by atoms with van der Waals surface area (Å²) in [6.45, 7) is 4.21. The number of ether oxygens (including phenoxy) is 1. The summed E-state index contributed by atoms with van der Waals surface area (Å²) in [6, 6.07) is 6.32. The van der Waals surface area contributed by atoms with Crippen molar-refractivity contribution in [2.45, 2.75) is 46.0 Å². The lowest BCUT2D eigenvalue weighted by molar-refractivity contribution is -0.121. The maximum Gasteiger partial charge on any atom is 0.341 e. The van der Waals surface area contributed by atoms with E-state index in [1.54, 1.807) is 31.2 Å². The number of carbonyl (C=O) groups excluding carboxylic acids is 4. The van der Waals surface area contributed by atoms with Gasteiger partial charge in [0, 0.05) is 23.3 Å². The molecule has 0 saturated carbocycles. The Bertz CT molecular complexity index is 1040. The van der Waals surface area contributed by atoms with Crippen LogP contribution < -0.4 is 10.2 Å². The number of fused-ring (bicyclic) bond motifs is 1. The first-order chi connectivity index (χ1) is 14.9. The van der Waals surface area contributed by atoms with Gasteiger partial charge in [-0.3, -0.25) is 19.3 Å². The average molecular weight is 441 g/mol. The summed E-state index contributed by atoms with van der Waals surface area (Å²) in [7, 11) is 0. The zero-order valence-corrected chi connectivity index (χ0v) is 18.3. The van der Waals surface area contributed by atoms with E-state index in [9.17, 15) is 19.2 Å². The van der Waals surface area contributed by atoms with Gasteiger partial charge in [-0.15, -0.1) is 11.3 Å². The number of benzene rings is 1. The molecule has 1 aromatic carbocycles. The minimum absolute atomic E-state index is 0.208. The Balaban J connectivity index is 1.57. The van der Waals surface area contributed by atoms with E-state index in [1.807, 2.05) is 0 Å². The monoisotopic (exact) mass is 440 g/mol. The van der Waals surface area contributed by atoms with Crippen LogP contribution in [-0.2, 0) is 27.2 Å². The molecule has 8 heteroatoms. The summed E-state index contributed by atoms with van der Waals surface area (Å²) in [6.07, 6.45) is 3.09. The summed E-state index contributed by atoms with van der Waals surface area (Å²) in [5.74, 6) is -0.707. The molecule has 3 amide bonds. The number of amides is 3. The molecule has 1 aromatic heterocycles. The Kier molecular flexibility index (Phi) is 5.91. The number of anilines is 2. The molecule has 1 unspecified atom stereocenters. The topological polar surface area (TPSA) is 92.8 Å². The number of nitrogens with zero attached hydrogens (tertiary/aromatic N) is 1. The quantitative estimate of drug-likeness (QED) is 0.561. The van der Waals surface area contributed by atoms with Gasteiger partial charge in [0.25, 0.3) is 5.91 Å². The van der Waals surface area contributed by atoms with Gasteiger partial charge in [0.05, 0.1) is 17.9 Å². The molecule has 0 bridgehead atoms. The van der Waals surface area contributed by atoms with Crippen molar-refractivity contribution < 1.29 is 23.9 Å². The molecule has 1 aliphatic carbocycles. The summed E-state index contributed by atoms with van der Waals surface area (Å²) >= 11 is 1.44. The summed E-state index contributed by atoms with van der Waals surface area (Å²) < 4.78 is 5.25. The number of hydrogen-bond acceptors (Lipinski definition) is 6. The van der Waals surface area contributed by atoms with Gasteiger partial charge in [0.1, 0.15) is 5.00 Å². The van der Waals surface area contributed by atoms with E-state index in [2.05, 4.69) is 12.2 Å². The fourth-order valence-electron chi connectivity index (χ4n) is 4.06. The predicted molar refractivity (Wildman–Crippen MR) is 118 cm³/mol. The van der Waals surface area contributed by atoms with Crippen LogP contribution in [0.5, 0.6) is 0 Å². The molecule has 1 saturated heterocycles. The lowest BCUT2D eigenvalue weighted by Crippen LogP contribution is -2.28. The Morgan fingerprint density at radius 1 is 1.13 bits per heavy atom. The molecule has 7 nitrogen and oxygen atoms in total. The molecular weight excluding hydrogens is 416 g/mol. The number of rotatable bonds is 5. The van der Waals surface area contributed by atoms with Gasteiger partial charge in [0.2, 0.25) is 11.8 Å². The van der Waals surface area contributed by atoms with Crippen molar-refractivity contribution in [2.24, 2.45) is 5.92 Å². The number of imide groups is 1. The number of nitrogens with one attached hydrogen (secondary N) is 1. The summed E-state index contributed by atoms with van der Waals surface area (Å²) in [4.78, 5) is 51.6. The third-order valence-electron chi connectivity index (χ3n) is 5.66. The number of thiophene rings is 1. The SMILES string of the molecule is CCOC(=O)c1c(NC(=O)c2ccc(N3C(=O)CCC3=O)cc2)sc2c1CCC(C)C2. The Labute approximate surface area is 184 Å². The molecule has 0 spiro atoms. The van der Waals surface area contributed by atoms with Crippen molar-refractivity contribution in [3.05, 3.63) is 45.8 Å². The van der Waals surface area contributed by atoms with Crippen LogP contribution in [0, 0.1) is 5.92 Å². The first kappa shape index (κ1) is 21.2. The van der Waals surface area contributed by atoms with Gasteiger partial charge < -0.3 is 10.1 Å². The van der Waals surface area contributed by atoms with Crippen molar-refractivity contribution in [1.82, 2.24) is 0 Å². The zero-order valence-electron chi connectivity index (χ0n) is 17.5. The minimum Gasteiger partial charge on any atom is -0.462 e. The molecule has 4 rings (SSSR count). The summed E-state index contributed by atoms with van der Waals surface area (Å²) in [5, 5.41) is 3.39. The van der Waals surface area contributed by atoms with E-state index in [0.29, 0.717) is 27.7 Å². The van der Waals surface area contributed by atoms with Gasteiger partial charge in [-0.1, -0.05) is 6.92 Å². The molecule has 0 radical (unpaired) electrons. The first-order valence-electron chi connectivity index (χ1n) is 10.5. The van der Waals surface area contributed by atoms with E-state index in [0.717, 1.165) is 34.6 Å². The molecule has 1 aliphatic heterocycles. The molecule has 2 heterocycles. The van der Waals surface area contributed by atoms with Crippen LogP contribution in [0.3, 0.4) is 0 Å². The van der Waals surface area contributed by atoms with Crippen LogP contribution in [-0.4, -0.2) is 30.3 Å². The Morgan fingerprint density at radius 3 is 2.45 bits per heavy atom. The highest BCUT2D eigenvalue weighted by molar-refractivity contribution is 7.17. The third kappa shape index (κ3) is 4.12. The van der Waals surface area contributed by atoms with E-state index < -0.39 is 5.97 Å². The average Bonchev–Trinajstić information content (AvgIpc) is 3.26. The molecule has 1 N–H and O–H groups in total. The third-order valence-corrected chi connectivity index (χ3v) is 6.83. The predicted octanol–water partition coefficient (Wildman–Crippen LogP) is 3.96. The lowest BCUT2D eigenvalue weighted by atomic mass is 9.88. The largest absolute Gasteiger partial charge is 0.462 e. The first-order valence-corrected chi connectivity index (χ1v) is 11.3. The van der Waals surface area contributed by atoms with Gasteiger partial charge in [-0.25, -0.2) is 4.79 Å². The Morgan fingerprint density at radius 2 is 1.81 bits per heavy atom. The smallest absolute Gasteiger partial charge is 0.341 e. The minimum atomic E-state index is -0.411. The van der Waals surface area contributed by atoms with E-state index in [4.69, 9.17) is 4.74 Å². The highest BCUT2D eigenvalue weighted by Gasteiger charge is 2.31. The standard InChI is InChI=1S/C23H24N2O5S/c1-3-30-23(29)20-16-9-4-13(2)12-17(16)31-22(20)24-21(28)14-5-7-15(8-6-14)25-18(26)10-11-19(25)27/h5-8,13H,3-4,9-12H2,1-2H3,(H,24,28). The molecule has 1 atom stereocenters. The fraction of sp³-hybridized carbons (Fsp3) is 0.391. The van der Waals surface area contributed by atoms with Crippen molar-refractivity contribution in [3.63, 3.8) is 0 Å². The molecule has 162 valence electrons. The van der Waals surface area contributed by atoms with Crippen molar-refractivity contribution in [3.8, 4) is 0 Å². The van der Waals surface area contributed by atoms with E-state index in [-0.39, 0.29) is 37.2 Å². The summed E-state index contributed by atoms with van der Waals surface area (Å²) in [5.41, 5.74) is 2.28. The van der Waals surface area contributed by atoms with Crippen LogP contribution >= 0.6 is 11.3 Å². The normalized spacial score (nSPS) is 18.1. The molecule has 1 fully saturated rings. The number of carbonyl (C=O) groups is 4. The lowest BCUT2D eigenvalue weighted by Gasteiger charge is -2.18. The highest BCUT2D eigenvalue weighted by Crippen LogP contribution is 2.40. The van der Waals surface area contributed by atoms with Gasteiger partial charge in [-0.05, 0) is 61.9 Å². The van der Waals surface area contributed by atoms with Crippen molar-refractivity contribution in [2.75, 3.05) is 16.8 Å². The van der Waals surface area contributed by atoms with Crippen molar-refractivity contribution in [1.29, 1.82) is 0 Å². The van der Waals surface area contributed by atoms with Crippen LogP contribution in [0.4, 0.5) is 10.7 Å². The second-order valence-electron chi connectivity index (χ2n) is 7.90. The van der Waals surface area contributed by atoms with Crippen LogP contribution in [0.2, 0.25) is 0 Å². The van der Waals surface area contributed by atoms with Crippen LogP contribution in [0.1, 0.15) is 64.3 Å². The molecular formula is C23H24N2O5S. The second-order valence-corrected chi connectivity index (χ2v) is 9.01. The second kappa shape index (κ2) is 8.63.